The van der Waals surface area contributed by atoms with Gasteiger partial charge >= 0.3 is 13.1 Å². The predicted octanol–water partition coefficient (Wildman–Crippen LogP) is 1.25. The van der Waals surface area contributed by atoms with Gasteiger partial charge in [0.25, 0.3) is 0 Å². The molecule has 11 heteroatoms. The summed E-state index contributed by atoms with van der Waals surface area (Å²) in [5, 5.41) is 35.6. The van der Waals surface area contributed by atoms with Crippen LogP contribution in [-0.2, 0) is 6.42 Å². The summed E-state index contributed by atoms with van der Waals surface area (Å²) in [6.07, 6.45) is 0.402. The number of hydrogen-bond acceptors (Lipinski definition) is 9. The highest BCUT2D eigenvalue weighted by Crippen LogP contribution is 2.40. The summed E-state index contributed by atoms with van der Waals surface area (Å²) in [7, 11) is -1.20. The Kier molecular flexibility index (Phi) is 4.89. The quantitative estimate of drug-likeness (QED) is 0.755. The summed E-state index contributed by atoms with van der Waals surface area (Å²) in [5.41, 5.74) is 2.04. The zero-order chi connectivity index (χ0) is 17.1. The molecule has 1 aromatic carbocycles. The van der Waals surface area contributed by atoms with Crippen LogP contribution in [-0.4, -0.2) is 45.2 Å². The highest BCUT2D eigenvalue weighted by Gasteiger charge is 2.39. The van der Waals surface area contributed by atoms with Gasteiger partial charge in [-0.2, -0.15) is 5.26 Å². The average molecular weight is 363 g/mol. The van der Waals surface area contributed by atoms with Crippen LogP contribution in [0, 0.1) is 11.3 Å². The highest BCUT2D eigenvalue weighted by molar-refractivity contribution is 8.02. The van der Waals surface area contributed by atoms with E-state index in [0.717, 1.165) is 0 Å². The average Bonchev–Trinajstić information content (AvgIpc) is 3.06. The number of ether oxygens (including phenoxy) is 1. The number of carboxylic acid groups (broad SMARTS) is 1. The Hall–Kier alpha value is -2.29. The summed E-state index contributed by atoms with van der Waals surface area (Å²) in [6, 6.07) is 4.95. The first-order chi connectivity index (χ1) is 11.6. The number of carboxylic acids is 1. The van der Waals surface area contributed by atoms with Crippen molar-refractivity contribution in [1.82, 2.24) is 10.2 Å². The third kappa shape index (κ3) is 3.30. The minimum absolute atomic E-state index is 0.0326. The monoisotopic (exact) mass is 363 g/mol. The number of hydrogen-bond donors (Lipinski definition) is 2. The van der Waals surface area contributed by atoms with Crippen molar-refractivity contribution in [3.05, 3.63) is 28.8 Å². The fraction of sp³-hybridized carbons (Fsp3) is 0.231. The molecule has 122 valence electrons. The highest BCUT2D eigenvalue weighted by atomic mass is 32.2. The van der Waals surface area contributed by atoms with Crippen LogP contribution in [0.25, 0.3) is 0 Å². The number of carbonyl (C=O) groups is 1. The number of aromatic carboxylic acids is 1. The van der Waals surface area contributed by atoms with Gasteiger partial charge in [-0.3, -0.25) is 0 Å². The van der Waals surface area contributed by atoms with Crippen molar-refractivity contribution in [1.29, 1.82) is 5.26 Å². The molecule has 0 radical (unpaired) electrons. The van der Waals surface area contributed by atoms with Crippen molar-refractivity contribution in [2.75, 3.05) is 6.61 Å². The number of nitrogens with zero attached hydrogens (tertiary/aromatic N) is 3. The molecule has 0 fully saturated rings. The van der Waals surface area contributed by atoms with E-state index in [1.807, 2.05) is 0 Å². The zero-order valence-electron chi connectivity index (χ0n) is 12.1. The molecule has 1 aliphatic heterocycles. The lowest BCUT2D eigenvalue weighted by Gasteiger charge is -2.28. The van der Waals surface area contributed by atoms with E-state index in [4.69, 9.17) is 14.7 Å². The Morgan fingerprint density at radius 1 is 1.62 bits per heavy atom. The minimum Gasteiger partial charge on any atom is -0.534 e. The van der Waals surface area contributed by atoms with Crippen LogP contribution >= 0.6 is 23.1 Å². The first kappa shape index (κ1) is 16.6. The molecular weight excluding hydrogens is 353 g/mol. The molecule has 24 heavy (non-hydrogen) atoms. The van der Waals surface area contributed by atoms with Crippen LogP contribution in [0.1, 0.15) is 15.9 Å². The predicted molar refractivity (Wildman–Crippen MR) is 86.4 cm³/mol. The molecule has 1 atom stereocenters. The van der Waals surface area contributed by atoms with Crippen molar-refractivity contribution in [3.63, 3.8) is 0 Å². The smallest absolute Gasteiger partial charge is 0.534 e. The molecule has 2 N–H and O–H groups in total. The fourth-order valence-electron chi connectivity index (χ4n) is 2.29. The molecule has 0 amide bonds. The van der Waals surface area contributed by atoms with Gasteiger partial charge in [-0.25, -0.2) is 4.79 Å². The molecule has 0 unspecified atom stereocenters. The van der Waals surface area contributed by atoms with Gasteiger partial charge in [0.2, 0.25) is 0 Å². The van der Waals surface area contributed by atoms with Gasteiger partial charge in [-0.05, 0) is 18.1 Å². The van der Waals surface area contributed by atoms with E-state index in [2.05, 4.69) is 10.2 Å². The van der Waals surface area contributed by atoms with E-state index >= 15 is 0 Å². The fourth-order valence-corrected chi connectivity index (χ4v) is 4.08. The summed E-state index contributed by atoms with van der Waals surface area (Å²) in [6.45, 7) is -0.281. The molecule has 1 aliphatic rings. The van der Waals surface area contributed by atoms with Crippen molar-refractivity contribution >= 4 is 36.2 Å². The number of thioether (sulfide) groups is 1. The van der Waals surface area contributed by atoms with E-state index in [9.17, 15) is 14.9 Å². The topological polar surface area (TPSA) is 126 Å². The van der Waals surface area contributed by atoms with Gasteiger partial charge in [-0.15, -0.1) is 10.2 Å². The van der Waals surface area contributed by atoms with Gasteiger partial charge in [0.1, 0.15) is 28.6 Å². The second kappa shape index (κ2) is 7.08. The van der Waals surface area contributed by atoms with E-state index < -0.39 is 13.1 Å². The molecule has 0 spiro atoms. The van der Waals surface area contributed by atoms with Crippen molar-refractivity contribution in [2.24, 2.45) is 0 Å². The third-order valence-electron chi connectivity index (χ3n) is 3.28. The number of nitriles is 1. The maximum atomic E-state index is 11.6. The largest absolute Gasteiger partial charge is 0.537 e. The second-order valence-electron chi connectivity index (χ2n) is 4.75. The number of rotatable bonds is 5. The summed E-state index contributed by atoms with van der Waals surface area (Å²) in [4.78, 5) is 11.6. The minimum atomic E-state index is -1.25. The first-order valence-corrected chi connectivity index (χ1v) is 8.52. The molecule has 0 saturated carbocycles. The van der Waals surface area contributed by atoms with E-state index in [1.54, 1.807) is 17.6 Å². The summed E-state index contributed by atoms with van der Waals surface area (Å²) >= 11 is 2.67. The standard InChI is InChI=1S/C13H10BN3O5S2/c15-3-4-21-8-2-1-7-5-9(24-13-17-16-6-23-13)14(20)22-11(7)10(8)12(18)19/h1-2,6,9,20H,4-5H2,(H,18,19)/t9-/m0/s1. The molecule has 2 aromatic rings. The Labute approximate surface area is 145 Å². The molecule has 2 heterocycles. The van der Waals surface area contributed by atoms with Gasteiger partial charge in [-0.1, -0.05) is 29.2 Å². The lowest BCUT2D eigenvalue weighted by molar-refractivity contribution is 0.0690. The van der Waals surface area contributed by atoms with Gasteiger partial charge in [0.05, 0.1) is 5.15 Å². The first-order valence-electron chi connectivity index (χ1n) is 6.76. The summed E-state index contributed by atoms with van der Waals surface area (Å²) < 4.78 is 11.3. The zero-order valence-corrected chi connectivity index (χ0v) is 13.7. The Bertz CT molecular complexity index is 796. The van der Waals surface area contributed by atoms with Crippen LogP contribution in [0.3, 0.4) is 0 Å². The molecule has 3 rings (SSSR count). The Morgan fingerprint density at radius 2 is 2.46 bits per heavy atom. The van der Waals surface area contributed by atoms with E-state index in [1.165, 1.54) is 29.2 Å². The van der Waals surface area contributed by atoms with Gasteiger partial charge in [0, 0.05) is 0 Å². The van der Waals surface area contributed by atoms with E-state index in [0.29, 0.717) is 16.3 Å². The maximum absolute atomic E-state index is 11.6. The number of fused-ring (bicyclic) bond motifs is 1. The van der Waals surface area contributed by atoms with Crippen LogP contribution in [0.4, 0.5) is 0 Å². The van der Waals surface area contributed by atoms with Crippen LogP contribution in [0.5, 0.6) is 11.5 Å². The van der Waals surface area contributed by atoms with Gasteiger partial charge < -0.3 is 19.5 Å². The Balaban J connectivity index is 1.91. The molecule has 1 aromatic heterocycles. The van der Waals surface area contributed by atoms with Crippen molar-refractivity contribution in [3.8, 4) is 17.6 Å². The number of aromatic nitrogens is 2. The number of benzene rings is 1. The van der Waals surface area contributed by atoms with Crippen LogP contribution < -0.4 is 9.39 Å². The maximum Gasteiger partial charge on any atom is 0.537 e. The molecule has 0 bridgehead atoms. The van der Waals surface area contributed by atoms with Crippen molar-refractivity contribution < 1.29 is 24.3 Å². The second-order valence-corrected chi connectivity index (χ2v) is 7.07. The SMILES string of the molecule is N#CCOc1ccc2c(c1C(=O)O)OB(O)[C@@H](Sc1nncs1)C2. The lowest BCUT2D eigenvalue weighted by Crippen LogP contribution is -2.40. The molecular formula is C13H10BN3O5S2. The molecule has 0 aliphatic carbocycles. The lowest BCUT2D eigenvalue weighted by atomic mass is 9.77. The van der Waals surface area contributed by atoms with Crippen LogP contribution in [0.2, 0.25) is 0 Å². The molecule has 0 saturated heterocycles. The van der Waals surface area contributed by atoms with Crippen LogP contribution in [0.15, 0.2) is 22.0 Å². The van der Waals surface area contributed by atoms with Crippen molar-refractivity contribution in [2.45, 2.75) is 15.9 Å². The Morgan fingerprint density at radius 3 is 3.12 bits per heavy atom. The van der Waals surface area contributed by atoms with E-state index in [-0.39, 0.29) is 28.8 Å². The van der Waals surface area contributed by atoms with Gasteiger partial charge in [0.15, 0.2) is 10.9 Å². The normalized spacial score (nSPS) is 16.0. The summed E-state index contributed by atoms with van der Waals surface area (Å²) in [5.74, 6) is -1.15. The molecule has 8 nitrogen and oxygen atoms in total. The third-order valence-corrected chi connectivity index (χ3v) is 5.32.